The highest BCUT2D eigenvalue weighted by molar-refractivity contribution is 9.10. The minimum atomic E-state index is -1.17. The topological polar surface area (TPSA) is 114 Å². The van der Waals surface area contributed by atoms with Crippen LogP contribution in [0.15, 0.2) is 16.9 Å². The second-order valence-electron chi connectivity index (χ2n) is 11.7. The first-order valence-corrected chi connectivity index (χ1v) is 16.7. The summed E-state index contributed by atoms with van der Waals surface area (Å²) in [5, 5.41) is 15.0. The van der Waals surface area contributed by atoms with Gasteiger partial charge in [-0.05, 0) is 52.7 Å². The molecular weight excluding hydrogens is 528 g/mol. The summed E-state index contributed by atoms with van der Waals surface area (Å²) >= 11 is 3.65. The number of carboxylic acid groups (broad SMARTS) is 1. The highest BCUT2D eigenvalue weighted by atomic mass is 79.9. The summed E-state index contributed by atoms with van der Waals surface area (Å²) in [4.78, 5) is 25.2. The quantitative estimate of drug-likeness (QED) is 0.220. The van der Waals surface area contributed by atoms with Gasteiger partial charge in [0.15, 0.2) is 0 Å². The minimum absolute atomic E-state index is 0.0243. The van der Waals surface area contributed by atoms with Gasteiger partial charge in [-0.2, -0.15) is 0 Å². The summed E-state index contributed by atoms with van der Waals surface area (Å²) in [6, 6.07) is 2.71. The number of imidazole rings is 1. The molecule has 0 radical (unpaired) electrons. The first-order chi connectivity index (χ1) is 16.3. The van der Waals surface area contributed by atoms with Gasteiger partial charge in [-0.1, -0.05) is 40.4 Å². The zero-order valence-electron chi connectivity index (χ0n) is 21.7. The SMILES string of the molecule is CC(C)(C)C[C@@H](CNc1nccc(-c2c(Br)nc(C3CC3)n2COCC[Si](C)(C)C)n1)NC(=O)O. The fourth-order valence-corrected chi connectivity index (χ4v) is 5.24. The normalized spacial score (nSPS) is 15.2. The van der Waals surface area contributed by atoms with E-state index in [9.17, 15) is 9.90 Å². The molecule has 0 bridgehead atoms. The molecule has 194 valence electrons. The van der Waals surface area contributed by atoms with Crippen molar-refractivity contribution in [2.75, 3.05) is 18.5 Å². The molecule has 1 atom stereocenters. The van der Waals surface area contributed by atoms with Gasteiger partial charge in [0.05, 0.1) is 11.7 Å². The van der Waals surface area contributed by atoms with E-state index in [0.29, 0.717) is 31.6 Å². The van der Waals surface area contributed by atoms with Crippen LogP contribution in [0.4, 0.5) is 10.7 Å². The molecule has 2 aromatic rings. The predicted octanol–water partition coefficient (Wildman–Crippen LogP) is 5.78. The number of amides is 1. The van der Waals surface area contributed by atoms with E-state index in [0.717, 1.165) is 47.3 Å². The maximum atomic E-state index is 11.3. The molecule has 0 saturated heterocycles. The molecule has 1 saturated carbocycles. The van der Waals surface area contributed by atoms with Gasteiger partial charge >= 0.3 is 6.09 Å². The lowest BCUT2D eigenvalue weighted by Crippen LogP contribution is -2.41. The first-order valence-electron chi connectivity index (χ1n) is 12.2. The molecule has 3 N–H and O–H groups in total. The summed E-state index contributed by atoms with van der Waals surface area (Å²) in [7, 11) is -1.17. The fourth-order valence-electron chi connectivity index (χ4n) is 3.88. The van der Waals surface area contributed by atoms with E-state index in [1.54, 1.807) is 6.20 Å². The van der Waals surface area contributed by atoms with E-state index in [-0.39, 0.29) is 11.5 Å². The van der Waals surface area contributed by atoms with Crippen molar-refractivity contribution in [2.45, 2.75) is 84.4 Å². The summed E-state index contributed by atoms with van der Waals surface area (Å²) in [5.41, 5.74) is 1.59. The molecule has 11 heteroatoms. The number of nitrogens with one attached hydrogen (secondary N) is 2. The van der Waals surface area contributed by atoms with Crippen molar-refractivity contribution < 1.29 is 14.6 Å². The molecule has 1 aliphatic carbocycles. The van der Waals surface area contributed by atoms with Gasteiger partial charge in [0, 0.05) is 33.3 Å². The van der Waals surface area contributed by atoms with Crippen LogP contribution in [0.5, 0.6) is 0 Å². The van der Waals surface area contributed by atoms with Crippen molar-refractivity contribution in [3.63, 3.8) is 0 Å². The van der Waals surface area contributed by atoms with Gasteiger partial charge in [-0.3, -0.25) is 0 Å². The van der Waals surface area contributed by atoms with Crippen LogP contribution in [0.25, 0.3) is 11.4 Å². The number of rotatable bonds is 12. The number of carbonyl (C=O) groups is 1. The Balaban J connectivity index is 1.78. The van der Waals surface area contributed by atoms with Crippen molar-refractivity contribution in [2.24, 2.45) is 5.41 Å². The standard InChI is InChI=1S/C24H39BrN6O3Si/c1-24(2,3)13-17(28-23(32)33)14-27-22-26-10-9-18(29-22)19-20(25)30-21(16-7-8-16)31(19)15-34-11-12-35(4,5)6/h9-10,16-17,28H,7-8,11-15H2,1-6H3,(H,32,33)(H,26,27,29)/t17-/m0/s1. The van der Waals surface area contributed by atoms with Crippen molar-refractivity contribution in [1.29, 1.82) is 0 Å². The number of halogens is 1. The first kappa shape index (κ1) is 27.6. The van der Waals surface area contributed by atoms with E-state index in [1.807, 2.05) is 6.07 Å². The molecule has 2 heterocycles. The number of anilines is 1. The highest BCUT2D eigenvalue weighted by Crippen LogP contribution is 2.42. The summed E-state index contributed by atoms with van der Waals surface area (Å²) in [6.07, 6.45) is 3.63. The molecule has 0 unspecified atom stereocenters. The Kier molecular flexibility index (Phi) is 8.98. The summed E-state index contributed by atoms with van der Waals surface area (Å²) in [6.45, 7) is 14.9. The Bertz CT molecular complexity index is 1010. The number of nitrogens with zero attached hydrogens (tertiary/aromatic N) is 4. The Hall–Kier alpha value is -1.98. The molecule has 2 aromatic heterocycles. The van der Waals surface area contributed by atoms with Crippen LogP contribution in [-0.4, -0.2) is 58.0 Å². The van der Waals surface area contributed by atoms with Crippen LogP contribution in [0, 0.1) is 5.41 Å². The monoisotopic (exact) mass is 566 g/mol. The van der Waals surface area contributed by atoms with E-state index in [2.05, 4.69) is 76.5 Å². The second-order valence-corrected chi connectivity index (χ2v) is 18.1. The van der Waals surface area contributed by atoms with Crippen LogP contribution >= 0.6 is 15.9 Å². The fraction of sp³-hybridized carbons (Fsp3) is 0.667. The van der Waals surface area contributed by atoms with Crippen molar-refractivity contribution in [1.82, 2.24) is 24.8 Å². The second kappa shape index (κ2) is 11.4. The van der Waals surface area contributed by atoms with Crippen LogP contribution in [0.3, 0.4) is 0 Å². The number of hydrogen-bond acceptors (Lipinski definition) is 6. The lowest BCUT2D eigenvalue weighted by atomic mass is 9.88. The molecule has 0 aromatic carbocycles. The van der Waals surface area contributed by atoms with Gasteiger partial charge in [-0.15, -0.1) is 0 Å². The zero-order valence-corrected chi connectivity index (χ0v) is 24.3. The Morgan fingerprint density at radius 1 is 1.31 bits per heavy atom. The van der Waals surface area contributed by atoms with Gasteiger partial charge in [0.25, 0.3) is 0 Å². The van der Waals surface area contributed by atoms with E-state index in [1.165, 1.54) is 0 Å². The predicted molar refractivity (Wildman–Crippen MR) is 145 cm³/mol. The molecule has 35 heavy (non-hydrogen) atoms. The van der Waals surface area contributed by atoms with Crippen molar-refractivity contribution in [3.05, 3.63) is 22.7 Å². The maximum Gasteiger partial charge on any atom is 0.404 e. The largest absolute Gasteiger partial charge is 0.465 e. The summed E-state index contributed by atoms with van der Waals surface area (Å²) < 4.78 is 8.97. The molecule has 1 aliphatic rings. The molecule has 0 spiro atoms. The van der Waals surface area contributed by atoms with Gasteiger partial charge in [-0.25, -0.2) is 19.7 Å². The van der Waals surface area contributed by atoms with E-state index in [4.69, 9.17) is 14.7 Å². The average Bonchev–Trinajstić information content (AvgIpc) is 3.51. The van der Waals surface area contributed by atoms with Crippen LogP contribution in [-0.2, 0) is 11.5 Å². The van der Waals surface area contributed by atoms with Gasteiger partial charge < -0.3 is 25.0 Å². The van der Waals surface area contributed by atoms with E-state index >= 15 is 0 Å². The molecule has 1 amide bonds. The molecule has 3 rings (SSSR count). The lowest BCUT2D eigenvalue weighted by molar-refractivity contribution is 0.0861. The molecule has 9 nitrogen and oxygen atoms in total. The number of aromatic nitrogens is 4. The maximum absolute atomic E-state index is 11.3. The number of ether oxygens (including phenoxy) is 1. The minimum Gasteiger partial charge on any atom is -0.465 e. The molecule has 1 fully saturated rings. The van der Waals surface area contributed by atoms with Gasteiger partial charge in [0.1, 0.15) is 22.9 Å². The third-order valence-electron chi connectivity index (χ3n) is 5.71. The van der Waals surface area contributed by atoms with Crippen LogP contribution in [0.2, 0.25) is 25.7 Å². The van der Waals surface area contributed by atoms with Crippen LogP contribution < -0.4 is 10.6 Å². The third kappa shape index (κ3) is 8.87. The third-order valence-corrected chi connectivity index (χ3v) is 7.96. The summed E-state index contributed by atoms with van der Waals surface area (Å²) in [5.74, 6) is 1.94. The Morgan fingerprint density at radius 2 is 2.03 bits per heavy atom. The average molecular weight is 568 g/mol. The van der Waals surface area contributed by atoms with Crippen molar-refractivity contribution in [3.8, 4) is 11.4 Å². The Labute approximate surface area is 217 Å². The molecule has 0 aliphatic heterocycles. The Morgan fingerprint density at radius 3 is 2.63 bits per heavy atom. The highest BCUT2D eigenvalue weighted by Gasteiger charge is 2.32. The smallest absolute Gasteiger partial charge is 0.404 e. The lowest BCUT2D eigenvalue weighted by Gasteiger charge is -2.26. The van der Waals surface area contributed by atoms with E-state index < -0.39 is 14.2 Å². The zero-order chi connectivity index (χ0) is 25.8. The number of hydrogen-bond donors (Lipinski definition) is 3. The molecular formula is C24H39BrN6O3Si. The van der Waals surface area contributed by atoms with Crippen LogP contribution in [0.1, 0.15) is 51.8 Å². The van der Waals surface area contributed by atoms with Gasteiger partial charge in [0.2, 0.25) is 5.95 Å². The van der Waals surface area contributed by atoms with Crippen molar-refractivity contribution >= 4 is 36.0 Å².